The number of ether oxygens (including phenoxy) is 2. The van der Waals surface area contributed by atoms with Crippen molar-refractivity contribution in [2.24, 2.45) is 5.92 Å². The van der Waals surface area contributed by atoms with Gasteiger partial charge in [-0.25, -0.2) is 0 Å². The zero-order valence-electron chi connectivity index (χ0n) is 9.96. The molecule has 94 valence electrons. The van der Waals surface area contributed by atoms with Crippen LogP contribution in [0.1, 0.15) is 19.3 Å². The third kappa shape index (κ3) is 6.25. The van der Waals surface area contributed by atoms with Crippen molar-refractivity contribution < 1.29 is 9.47 Å². The van der Waals surface area contributed by atoms with Crippen molar-refractivity contribution in [1.82, 2.24) is 10.6 Å². The summed E-state index contributed by atoms with van der Waals surface area (Å²) in [7, 11) is 1.71. The summed E-state index contributed by atoms with van der Waals surface area (Å²) < 4.78 is 10.3. The van der Waals surface area contributed by atoms with Crippen LogP contribution in [0.5, 0.6) is 0 Å². The maximum Gasteiger partial charge on any atom is 0.166 e. The highest BCUT2D eigenvalue weighted by atomic mass is 32.1. The van der Waals surface area contributed by atoms with E-state index in [2.05, 4.69) is 10.6 Å². The van der Waals surface area contributed by atoms with Crippen LogP contribution < -0.4 is 10.6 Å². The van der Waals surface area contributed by atoms with E-state index in [-0.39, 0.29) is 0 Å². The molecule has 1 unspecified atom stereocenters. The summed E-state index contributed by atoms with van der Waals surface area (Å²) in [4.78, 5) is 0. The van der Waals surface area contributed by atoms with Crippen LogP contribution in [0, 0.1) is 5.92 Å². The first-order valence-electron chi connectivity index (χ1n) is 5.91. The Hall–Kier alpha value is -0.390. The molecule has 0 bridgehead atoms. The van der Waals surface area contributed by atoms with E-state index < -0.39 is 0 Å². The molecule has 4 nitrogen and oxygen atoms in total. The van der Waals surface area contributed by atoms with Crippen molar-refractivity contribution in [3.05, 3.63) is 0 Å². The minimum absolute atomic E-state index is 0.712. The van der Waals surface area contributed by atoms with E-state index in [4.69, 9.17) is 21.7 Å². The van der Waals surface area contributed by atoms with Crippen molar-refractivity contribution in [2.75, 3.05) is 40.0 Å². The molecule has 1 heterocycles. The number of methoxy groups -OCH3 is 1. The summed E-state index contributed by atoms with van der Waals surface area (Å²) in [6.45, 7) is 4.41. The zero-order valence-corrected chi connectivity index (χ0v) is 10.8. The molecule has 2 N–H and O–H groups in total. The van der Waals surface area contributed by atoms with Gasteiger partial charge in [0.15, 0.2) is 5.11 Å². The largest absolute Gasteiger partial charge is 0.385 e. The van der Waals surface area contributed by atoms with Crippen LogP contribution >= 0.6 is 12.2 Å². The normalized spacial score (nSPS) is 19.7. The van der Waals surface area contributed by atoms with Crippen molar-refractivity contribution in [2.45, 2.75) is 19.3 Å². The average Bonchev–Trinajstić information content (AvgIpc) is 2.77. The molecule has 1 fully saturated rings. The molecule has 0 aliphatic carbocycles. The molecule has 1 atom stereocenters. The number of nitrogens with one attached hydrogen (secondary N) is 2. The van der Waals surface area contributed by atoms with E-state index in [0.29, 0.717) is 5.92 Å². The van der Waals surface area contributed by atoms with Gasteiger partial charge in [-0.3, -0.25) is 0 Å². The van der Waals surface area contributed by atoms with Crippen LogP contribution in [0.2, 0.25) is 0 Å². The lowest BCUT2D eigenvalue weighted by atomic mass is 10.1. The van der Waals surface area contributed by atoms with Gasteiger partial charge in [0.1, 0.15) is 0 Å². The molecule has 1 saturated heterocycles. The fourth-order valence-corrected chi connectivity index (χ4v) is 1.89. The molecule has 1 aliphatic heterocycles. The fraction of sp³-hybridized carbons (Fsp3) is 0.909. The molecular weight excluding hydrogens is 224 g/mol. The summed E-state index contributed by atoms with van der Waals surface area (Å²) in [6, 6.07) is 0. The van der Waals surface area contributed by atoms with Crippen LogP contribution in [0.3, 0.4) is 0 Å². The Morgan fingerprint density at radius 2 is 2.25 bits per heavy atom. The van der Waals surface area contributed by atoms with E-state index >= 15 is 0 Å². The summed E-state index contributed by atoms with van der Waals surface area (Å²) in [5, 5.41) is 7.11. The monoisotopic (exact) mass is 246 g/mol. The first kappa shape index (κ1) is 13.7. The Kier molecular flexibility index (Phi) is 7.46. The van der Waals surface area contributed by atoms with Crippen LogP contribution in [0.15, 0.2) is 0 Å². The smallest absolute Gasteiger partial charge is 0.166 e. The quantitative estimate of drug-likeness (QED) is 0.516. The second-order valence-electron chi connectivity index (χ2n) is 4.05. The van der Waals surface area contributed by atoms with Gasteiger partial charge in [-0.1, -0.05) is 0 Å². The molecular formula is C11H22N2O2S. The third-order valence-corrected chi connectivity index (χ3v) is 2.96. The van der Waals surface area contributed by atoms with Gasteiger partial charge < -0.3 is 20.1 Å². The van der Waals surface area contributed by atoms with Crippen LogP contribution in [0.25, 0.3) is 0 Å². The van der Waals surface area contributed by atoms with Crippen molar-refractivity contribution in [3.8, 4) is 0 Å². The van der Waals surface area contributed by atoms with Crippen molar-refractivity contribution >= 4 is 17.3 Å². The Morgan fingerprint density at radius 3 is 2.94 bits per heavy atom. The van der Waals surface area contributed by atoms with Gasteiger partial charge in [0, 0.05) is 40.0 Å². The molecule has 0 aromatic rings. The van der Waals surface area contributed by atoms with Crippen molar-refractivity contribution in [1.29, 1.82) is 0 Å². The van der Waals surface area contributed by atoms with Gasteiger partial charge in [-0.15, -0.1) is 0 Å². The van der Waals surface area contributed by atoms with Crippen molar-refractivity contribution in [3.63, 3.8) is 0 Å². The summed E-state index contributed by atoms with van der Waals surface area (Å²) in [5.74, 6) is 0.712. The second-order valence-corrected chi connectivity index (χ2v) is 4.46. The van der Waals surface area contributed by atoms with Gasteiger partial charge in [-0.2, -0.15) is 0 Å². The molecule has 0 aromatic heterocycles. The summed E-state index contributed by atoms with van der Waals surface area (Å²) in [5.41, 5.74) is 0. The van der Waals surface area contributed by atoms with E-state index in [0.717, 1.165) is 50.9 Å². The lowest BCUT2D eigenvalue weighted by Gasteiger charge is -2.12. The van der Waals surface area contributed by atoms with Gasteiger partial charge in [0.05, 0.1) is 0 Å². The Labute approximate surface area is 103 Å². The van der Waals surface area contributed by atoms with E-state index in [9.17, 15) is 0 Å². The molecule has 0 aromatic carbocycles. The number of rotatable bonds is 7. The molecule has 16 heavy (non-hydrogen) atoms. The Morgan fingerprint density at radius 1 is 1.44 bits per heavy atom. The maximum atomic E-state index is 5.32. The minimum Gasteiger partial charge on any atom is -0.385 e. The standard InChI is InChI=1S/C11H22N2O2S/c1-14-7-2-5-12-11(16)13-6-3-10-4-8-15-9-10/h10H,2-9H2,1H3,(H2,12,13,16). The van der Waals surface area contributed by atoms with Gasteiger partial charge >= 0.3 is 0 Å². The molecule has 0 spiro atoms. The third-order valence-electron chi connectivity index (χ3n) is 2.67. The first-order chi connectivity index (χ1) is 7.83. The highest BCUT2D eigenvalue weighted by Crippen LogP contribution is 2.14. The van der Waals surface area contributed by atoms with E-state index in [1.165, 1.54) is 6.42 Å². The Balaban J connectivity index is 1.89. The summed E-state index contributed by atoms with van der Waals surface area (Å²) >= 11 is 5.15. The number of hydrogen-bond donors (Lipinski definition) is 2. The van der Waals surface area contributed by atoms with Gasteiger partial charge in [-0.05, 0) is 37.4 Å². The minimum atomic E-state index is 0.712. The predicted octanol–water partition coefficient (Wildman–Crippen LogP) is 0.914. The average molecular weight is 246 g/mol. The van der Waals surface area contributed by atoms with E-state index in [1.807, 2.05) is 0 Å². The number of thiocarbonyl (C=S) groups is 1. The van der Waals surface area contributed by atoms with Gasteiger partial charge in [0.2, 0.25) is 0 Å². The molecule has 0 amide bonds. The Bertz CT molecular complexity index is 196. The highest BCUT2D eigenvalue weighted by molar-refractivity contribution is 7.80. The fourth-order valence-electron chi connectivity index (χ4n) is 1.68. The maximum absolute atomic E-state index is 5.32. The van der Waals surface area contributed by atoms with E-state index in [1.54, 1.807) is 7.11 Å². The molecule has 1 rings (SSSR count). The molecule has 1 aliphatic rings. The van der Waals surface area contributed by atoms with Crippen LogP contribution in [0.4, 0.5) is 0 Å². The number of hydrogen-bond acceptors (Lipinski definition) is 3. The zero-order chi connectivity index (χ0) is 11.6. The topological polar surface area (TPSA) is 42.5 Å². The summed E-state index contributed by atoms with van der Waals surface area (Å²) in [6.07, 6.45) is 3.31. The molecule has 0 radical (unpaired) electrons. The predicted molar refractivity (Wildman–Crippen MR) is 68.6 cm³/mol. The van der Waals surface area contributed by atoms with Crippen LogP contribution in [-0.4, -0.2) is 45.1 Å². The van der Waals surface area contributed by atoms with Crippen LogP contribution in [-0.2, 0) is 9.47 Å². The lowest BCUT2D eigenvalue weighted by Crippen LogP contribution is -2.37. The molecule has 0 saturated carbocycles. The van der Waals surface area contributed by atoms with Gasteiger partial charge in [0.25, 0.3) is 0 Å². The SMILES string of the molecule is COCCCNC(=S)NCCC1CCOC1. The highest BCUT2D eigenvalue weighted by Gasteiger charge is 2.14. The molecule has 5 heteroatoms. The lowest BCUT2D eigenvalue weighted by molar-refractivity contribution is 0.184. The second kappa shape index (κ2) is 8.73. The first-order valence-corrected chi connectivity index (χ1v) is 6.32.